The Bertz CT molecular complexity index is 341. The fourth-order valence-electron chi connectivity index (χ4n) is 3.77. The average molecular weight is 332 g/mol. The smallest absolute Gasteiger partial charge is 0.377 e. The number of unbranched alkanes of at least 4 members (excludes halogenated alkanes) is 1. The molecule has 0 radical (unpaired) electrons. The molecule has 5 nitrogen and oxygen atoms in total. The van der Waals surface area contributed by atoms with E-state index in [2.05, 4.69) is 11.8 Å². The predicted octanol–water partition coefficient (Wildman–Crippen LogP) is 3.22. The first-order chi connectivity index (χ1) is 10.5. The van der Waals surface area contributed by atoms with Crippen molar-refractivity contribution in [3.8, 4) is 0 Å². The van der Waals surface area contributed by atoms with Crippen LogP contribution in [-0.4, -0.2) is 53.0 Å². The summed E-state index contributed by atoms with van der Waals surface area (Å²) >= 11 is 0. The molecule has 6 heteroatoms. The van der Waals surface area contributed by atoms with E-state index in [0.29, 0.717) is 0 Å². The molecule has 22 heavy (non-hydrogen) atoms. The van der Waals surface area contributed by atoms with E-state index in [1.54, 1.807) is 28.3 Å². The molecule has 1 heterocycles. The Morgan fingerprint density at radius 3 is 2.23 bits per heavy atom. The molecule has 1 fully saturated rings. The molecule has 1 atom stereocenters. The highest BCUT2D eigenvalue weighted by molar-refractivity contribution is 6.60. The number of hydrogen-bond acceptors (Lipinski definition) is 4. The number of carbonyl (C=O) groups is 1. The molecule has 1 amide bonds. The molecule has 130 valence electrons. The van der Waals surface area contributed by atoms with Crippen molar-refractivity contribution < 1.29 is 18.1 Å². The molecule has 0 aromatic heterocycles. The molecule has 0 bridgehead atoms. The second-order valence-electron chi connectivity index (χ2n) is 6.25. The summed E-state index contributed by atoms with van der Waals surface area (Å²) < 4.78 is 16.5. The van der Waals surface area contributed by atoms with Crippen LogP contribution in [-0.2, 0) is 18.1 Å². The lowest BCUT2D eigenvalue weighted by atomic mass is 9.85. The molecule has 1 unspecified atom stereocenters. The normalized spacial score (nSPS) is 22.3. The van der Waals surface area contributed by atoms with Crippen molar-refractivity contribution in [1.29, 1.82) is 0 Å². The SMILES string of the molecule is CCCCC1(CCC[Si](OC)(OC)OC)CCCN1C(C)=O. The molecule has 0 aromatic carbocycles. The summed E-state index contributed by atoms with van der Waals surface area (Å²) in [6.45, 7) is 4.81. The number of carbonyl (C=O) groups excluding carboxylic acids is 1. The first kappa shape index (κ1) is 19.6. The van der Waals surface area contributed by atoms with Crippen molar-refractivity contribution in [2.45, 2.75) is 70.4 Å². The first-order valence-electron chi connectivity index (χ1n) is 8.43. The highest BCUT2D eigenvalue weighted by atomic mass is 28.4. The van der Waals surface area contributed by atoms with Gasteiger partial charge in [0.15, 0.2) is 0 Å². The highest BCUT2D eigenvalue weighted by Crippen LogP contribution is 2.39. The van der Waals surface area contributed by atoms with Gasteiger partial charge in [0, 0.05) is 46.4 Å². The summed E-state index contributed by atoms with van der Waals surface area (Å²) in [4.78, 5) is 14.1. The number of likely N-dealkylation sites (tertiary alicyclic amines) is 1. The zero-order chi connectivity index (χ0) is 16.6. The van der Waals surface area contributed by atoms with E-state index >= 15 is 0 Å². The molecule has 1 saturated heterocycles. The number of nitrogens with zero attached hydrogens (tertiary/aromatic N) is 1. The molecule has 0 aromatic rings. The van der Waals surface area contributed by atoms with Gasteiger partial charge in [0.1, 0.15) is 0 Å². The maximum atomic E-state index is 12.0. The van der Waals surface area contributed by atoms with Crippen LogP contribution in [0.15, 0.2) is 0 Å². The van der Waals surface area contributed by atoms with Gasteiger partial charge in [-0.15, -0.1) is 0 Å². The van der Waals surface area contributed by atoms with Gasteiger partial charge in [0.05, 0.1) is 0 Å². The molecule has 1 rings (SSSR count). The van der Waals surface area contributed by atoms with Crippen LogP contribution in [0.2, 0.25) is 6.04 Å². The first-order valence-corrected chi connectivity index (χ1v) is 10.4. The number of rotatable bonds is 10. The Hall–Kier alpha value is -0.433. The fourth-order valence-corrected chi connectivity index (χ4v) is 5.49. The van der Waals surface area contributed by atoms with E-state index in [1.807, 2.05) is 0 Å². The van der Waals surface area contributed by atoms with Crippen LogP contribution >= 0.6 is 0 Å². The minimum atomic E-state index is -2.51. The van der Waals surface area contributed by atoms with Crippen LogP contribution in [0.3, 0.4) is 0 Å². The molecular weight excluding hydrogens is 298 g/mol. The molecule has 1 aliphatic rings. The Morgan fingerprint density at radius 1 is 1.14 bits per heavy atom. The molecule has 0 aliphatic carbocycles. The Kier molecular flexibility index (Phi) is 8.03. The number of hydrogen-bond donors (Lipinski definition) is 0. The van der Waals surface area contributed by atoms with E-state index in [1.165, 1.54) is 12.8 Å². The van der Waals surface area contributed by atoms with Crippen molar-refractivity contribution in [3.63, 3.8) is 0 Å². The molecule has 1 aliphatic heterocycles. The van der Waals surface area contributed by atoms with Crippen molar-refractivity contribution in [2.24, 2.45) is 0 Å². The maximum Gasteiger partial charge on any atom is 0.500 e. The van der Waals surface area contributed by atoms with Crippen LogP contribution in [0.5, 0.6) is 0 Å². The Balaban J connectivity index is 2.72. The van der Waals surface area contributed by atoms with Gasteiger partial charge < -0.3 is 18.2 Å². The zero-order valence-corrected chi connectivity index (χ0v) is 15.9. The van der Waals surface area contributed by atoms with E-state index in [-0.39, 0.29) is 11.4 Å². The monoisotopic (exact) mass is 331 g/mol. The molecule has 0 saturated carbocycles. The van der Waals surface area contributed by atoms with Gasteiger partial charge in [-0.3, -0.25) is 4.79 Å². The second-order valence-corrected chi connectivity index (χ2v) is 9.34. The topological polar surface area (TPSA) is 48.0 Å². The molecule has 0 spiro atoms. The zero-order valence-electron chi connectivity index (χ0n) is 14.9. The van der Waals surface area contributed by atoms with Gasteiger partial charge in [0.2, 0.25) is 5.91 Å². The highest BCUT2D eigenvalue weighted by Gasteiger charge is 2.43. The van der Waals surface area contributed by atoms with E-state index < -0.39 is 8.80 Å². The summed E-state index contributed by atoms with van der Waals surface area (Å²) in [6.07, 6.45) is 7.65. The van der Waals surface area contributed by atoms with Gasteiger partial charge in [-0.1, -0.05) is 19.8 Å². The Morgan fingerprint density at radius 2 is 1.73 bits per heavy atom. The summed E-state index contributed by atoms with van der Waals surface area (Å²) in [5.41, 5.74) is 0.0389. The quantitative estimate of drug-likeness (QED) is 0.577. The Labute approximate surface area is 136 Å². The van der Waals surface area contributed by atoms with Crippen molar-refractivity contribution in [2.75, 3.05) is 27.9 Å². The minimum Gasteiger partial charge on any atom is -0.377 e. The molecular formula is C16H33NO4Si. The lowest BCUT2D eigenvalue weighted by molar-refractivity contribution is -0.133. The van der Waals surface area contributed by atoms with Gasteiger partial charge in [-0.05, 0) is 32.1 Å². The standard InChI is InChI=1S/C16H33NO4Si/c1-6-7-10-16(11-8-13-17(16)15(2)18)12-9-14-22(19-3,20-4)21-5/h6-14H2,1-5H3. The van der Waals surface area contributed by atoms with Crippen LogP contribution in [0.25, 0.3) is 0 Å². The van der Waals surface area contributed by atoms with Crippen LogP contribution in [0.4, 0.5) is 0 Å². The van der Waals surface area contributed by atoms with Crippen LogP contribution < -0.4 is 0 Å². The largest absolute Gasteiger partial charge is 0.500 e. The average Bonchev–Trinajstić information content (AvgIpc) is 2.94. The van der Waals surface area contributed by atoms with Gasteiger partial charge in [-0.25, -0.2) is 0 Å². The maximum absolute atomic E-state index is 12.0. The van der Waals surface area contributed by atoms with Crippen molar-refractivity contribution >= 4 is 14.7 Å². The summed E-state index contributed by atoms with van der Waals surface area (Å²) in [5.74, 6) is 0.210. The van der Waals surface area contributed by atoms with Crippen LogP contribution in [0, 0.1) is 0 Å². The van der Waals surface area contributed by atoms with Crippen molar-refractivity contribution in [1.82, 2.24) is 4.90 Å². The van der Waals surface area contributed by atoms with Crippen LogP contribution in [0.1, 0.15) is 58.8 Å². The van der Waals surface area contributed by atoms with Crippen molar-refractivity contribution in [3.05, 3.63) is 0 Å². The van der Waals surface area contributed by atoms with E-state index in [9.17, 15) is 4.79 Å². The number of amides is 1. The molecule has 0 N–H and O–H groups in total. The third-order valence-corrected chi connectivity index (χ3v) is 7.86. The van der Waals surface area contributed by atoms with E-state index in [0.717, 1.165) is 44.7 Å². The lowest BCUT2D eigenvalue weighted by Gasteiger charge is -2.39. The third-order valence-electron chi connectivity index (χ3n) is 5.03. The summed E-state index contributed by atoms with van der Waals surface area (Å²) in [6, 6.07) is 0.802. The van der Waals surface area contributed by atoms with Gasteiger partial charge in [-0.2, -0.15) is 0 Å². The predicted molar refractivity (Wildman–Crippen MR) is 89.7 cm³/mol. The fraction of sp³-hybridized carbons (Fsp3) is 0.938. The van der Waals surface area contributed by atoms with E-state index in [4.69, 9.17) is 13.3 Å². The second kappa shape index (κ2) is 9.01. The van der Waals surface area contributed by atoms with Gasteiger partial charge in [0.25, 0.3) is 0 Å². The minimum absolute atomic E-state index is 0.0389. The third kappa shape index (κ3) is 4.53. The lowest BCUT2D eigenvalue weighted by Crippen LogP contribution is -2.47. The summed E-state index contributed by atoms with van der Waals surface area (Å²) in [5, 5.41) is 0. The van der Waals surface area contributed by atoms with Gasteiger partial charge >= 0.3 is 8.80 Å². The summed E-state index contributed by atoms with van der Waals surface area (Å²) in [7, 11) is 2.46.